The molecule has 2 unspecified atom stereocenters. The molecule has 0 radical (unpaired) electrons. The van der Waals surface area contributed by atoms with Crippen molar-refractivity contribution >= 4 is 0 Å². The van der Waals surface area contributed by atoms with E-state index in [1.54, 1.807) is 22.9 Å². The Morgan fingerprint density at radius 2 is 1.94 bits per heavy atom. The minimum absolute atomic E-state index is 0.127. The summed E-state index contributed by atoms with van der Waals surface area (Å²) in [4.78, 5) is 11.9. The number of pyridine rings is 1. The molecule has 1 aliphatic rings. The topological polar surface area (TPSA) is 51.5 Å². The van der Waals surface area contributed by atoms with E-state index in [-0.39, 0.29) is 18.2 Å². The van der Waals surface area contributed by atoms with Gasteiger partial charge in [0.1, 0.15) is 18.5 Å². The van der Waals surface area contributed by atoms with Gasteiger partial charge >= 0.3 is 0 Å². The van der Waals surface area contributed by atoms with E-state index in [0.29, 0.717) is 0 Å². The van der Waals surface area contributed by atoms with Crippen LogP contribution in [0.25, 0.3) is 0 Å². The van der Waals surface area contributed by atoms with Crippen LogP contribution in [0.5, 0.6) is 5.75 Å². The third-order valence-corrected chi connectivity index (χ3v) is 3.16. The van der Waals surface area contributed by atoms with E-state index in [4.69, 9.17) is 4.74 Å². The average Bonchev–Trinajstić information content (AvgIpc) is 2.40. The molecule has 0 saturated carbocycles. The maximum atomic E-state index is 11.9. The molecule has 2 atom stereocenters. The lowest BCUT2D eigenvalue weighted by Crippen LogP contribution is -2.38. The van der Waals surface area contributed by atoms with Gasteiger partial charge in [0.2, 0.25) is 0 Å². The number of rotatable bonds is 1. The molecular formula is C14H13NO3. The highest BCUT2D eigenvalue weighted by atomic mass is 16.5. The molecule has 1 aromatic carbocycles. The molecule has 1 aromatic heterocycles. The maximum absolute atomic E-state index is 11.9. The van der Waals surface area contributed by atoms with Gasteiger partial charge in [0.05, 0.1) is 6.04 Å². The fourth-order valence-electron chi connectivity index (χ4n) is 2.33. The van der Waals surface area contributed by atoms with Crippen molar-refractivity contribution in [2.24, 2.45) is 0 Å². The normalized spacial score (nSPS) is 22.1. The van der Waals surface area contributed by atoms with Gasteiger partial charge in [0.25, 0.3) is 5.56 Å². The van der Waals surface area contributed by atoms with Gasteiger partial charge in [-0.1, -0.05) is 24.3 Å². The number of fused-ring (bicyclic) bond motifs is 1. The molecule has 0 bridgehead atoms. The summed E-state index contributed by atoms with van der Waals surface area (Å²) in [5.41, 5.74) is 0.711. The first-order chi connectivity index (χ1) is 8.77. The summed E-state index contributed by atoms with van der Waals surface area (Å²) in [6.45, 7) is 0.197. The van der Waals surface area contributed by atoms with Gasteiger partial charge in [0.15, 0.2) is 0 Å². The van der Waals surface area contributed by atoms with Crippen LogP contribution < -0.4 is 10.3 Å². The fraction of sp³-hybridized carbons (Fsp3) is 0.214. The zero-order valence-electron chi connectivity index (χ0n) is 9.69. The molecule has 18 heavy (non-hydrogen) atoms. The Kier molecular flexibility index (Phi) is 2.64. The lowest BCUT2D eigenvalue weighted by molar-refractivity contribution is 0.0557. The predicted octanol–water partition coefficient (Wildman–Crippen LogP) is 1.19. The molecule has 0 fully saturated rings. The van der Waals surface area contributed by atoms with Crippen molar-refractivity contribution in [1.82, 2.24) is 4.57 Å². The first-order valence-corrected chi connectivity index (χ1v) is 5.84. The van der Waals surface area contributed by atoms with Crippen molar-refractivity contribution < 1.29 is 9.84 Å². The number of para-hydroxylation sites is 1. The van der Waals surface area contributed by atoms with Crippen LogP contribution >= 0.6 is 0 Å². The summed E-state index contributed by atoms with van der Waals surface area (Å²) >= 11 is 0. The zero-order valence-corrected chi connectivity index (χ0v) is 9.69. The van der Waals surface area contributed by atoms with E-state index in [1.165, 1.54) is 6.07 Å². The number of aliphatic hydroxyl groups is 1. The van der Waals surface area contributed by atoms with Gasteiger partial charge in [-0.05, 0) is 12.1 Å². The summed E-state index contributed by atoms with van der Waals surface area (Å²) in [6.07, 6.45) is 0.971. The standard InChI is InChI=1S/C14H13NO3/c16-11-9-18-12-6-2-1-5-10(12)14(11)15-8-4-3-7-13(15)17/h1-8,11,14,16H,9H2. The van der Waals surface area contributed by atoms with Crippen LogP contribution in [-0.2, 0) is 0 Å². The van der Waals surface area contributed by atoms with Crippen LogP contribution in [0.15, 0.2) is 53.5 Å². The van der Waals surface area contributed by atoms with Crippen LogP contribution in [0.3, 0.4) is 0 Å². The SMILES string of the molecule is O=c1ccccn1C1c2ccccc2OCC1O. The number of ether oxygens (including phenoxy) is 1. The smallest absolute Gasteiger partial charge is 0.251 e. The monoisotopic (exact) mass is 243 g/mol. The molecule has 3 rings (SSSR count). The van der Waals surface area contributed by atoms with Crippen LogP contribution in [0.1, 0.15) is 11.6 Å². The maximum Gasteiger partial charge on any atom is 0.251 e. The van der Waals surface area contributed by atoms with Crippen LogP contribution in [0, 0.1) is 0 Å². The largest absolute Gasteiger partial charge is 0.490 e. The molecule has 1 aliphatic heterocycles. The first kappa shape index (κ1) is 11.0. The van der Waals surface area contributed by atoms with E-state index < -0.39 is 6.10 Å². The van der Waals surface area contributed by atoms with E-state index in [1.807, 2.05) is 24.3 Å². The molecule has 1 N–H and O–H groups in total. The third kappa shape index (κ3) is 1.71. The molecule has 0 spiro atoms. The van der Waals surface area contributed by atoms with E-state index in [9.17, 15) is 9.90 Å². The van der Waals surface area contributed by atoms with Crippen LogP contribution in [-0.4, -0.2) is 22.4 Å². The van der Waals surface area contributed by atoms with Crippen molar-refractivity contribution in [3.63, 3.8) is 0 Å². The van der Waals surface area contributed by atoms with Gasteiger partial charge in [-0.15, -0.1) is 0 Å². The van der Waals surface area contributed by atoms with Crippen molar-refractivity contribution in [2.45, 2.75) is 12.1 Å². The Balaban J connectivity index is 2.17. The molecule has 0 saturated heterocycles. The second kappa shape index (κ2) is 4.31. The zero-order chi connectivity index (χ0) is 12.5. The summed E-state index contributed by atoms with van der Waals surface area (Å²) in [6, 6.07) is 12.1. The summed E-state index contributed by atoms with van der Waals surface area (Å²) in [5, 5.41) is 10.1. The van der Waals surface area contributed by atoms with Crippen molar-refractivity contribution in [3.8, 4) is 5.75 Å². The number of hydrogen-bond acceptors (Lipinski definition) is 3. The number of aromatic nitrogens is 1. The summed E-state index contributed by atoms with van der Waals surface area (Å²) in [7, 11) is 0. The molecule has 4 nitrogen and oxygen atoms in total. The fourth-order valence-corrected chi connectivity index (χ4v) is 2.33. The Labute approximate surface area is 104 Å². The van der Waals surface area contributed by atoms with Crippen LogP contribution in [0.2, 0.25) is 0 Å². The Morgan fingerprint density at radius 1 is 1.17 bits per heavy atom. The number of nitrogens with zero attached hydrogens (tertiary/aromatic N) is 1. The van der Waals surface area contributed by atoms with E-state index in [2.05, 4.69) is 0 Å². The Bertz CT molecular complexity index is 620. The minimum atomic E-state index is -0.722. The Hall–Kier alpha value is -2.07. The highest BCUT2D eigenvalue weighted by molar-refractivity contribution is 5.39. The lowest BCUT2D eigenvalue weighted by Gasteiger charge is -2.31. The van der Waals surface area contributed by atoms with Crippen molar-refractivity contribution in [1.29, 1.82) is 0 Å². The third-order valence-electron chi connectivity index (χ3n) is 3.16. The quantitative estimate of drug-likeness (QED) is 0.818. The van der Waals surface area contributed by atoms with Gasteiger partial charge in [-0.3, -0.25) is 4.79 Å². The molecule has 0 aliphatic carbocycles. The minimum Gasteiger partial charge on any atom is -0.490 e. The first-order valence-electron chi connectivity index (χ1n) is 5.84. The number of hydrogen-bond donors (Lipinski definition) is 1. The number of aliphatic hydroxyl groups excluding tert-OH is 1. The number of benzene rings is 1. The molecular weight excluding hydrogens is 230 g/mol. The van der Waals surface area contributed by atoms with Crippen molar-refractivity contribution in [2.75, 3.05) is 6.61 Å². The van der Waals surface area contributed by atoms with Gasteiger partial charge < -0.3 is 14.4 Å². The lowest BCUT2D eigenvalue weighted by atomic mass is 9.98. The summed E-state index contributed by atoms with van der Waals surface area (Å²) in [5.74, 6) is 0.726. The summed E-state index contributed by atoms with van der Waals surface area (Å²) < 4.78 is 7.01. The molecule has 92 valence electrons. The molecule has 0 amide bonds. The Morgan fingerprint density at radius 3 is 2.78 bits per heavy atom. The van der Waals surface area contributed by atoms with Gasteiger partial charge in [-0.2, -0.15) is 0 Å². The predicted molar refractivity (Wildman–Crippen MR) is 66.8 cm³/mol. The van der Waals surface area contributed by atoms with Crippen molar-refractivity contribution in [3.05, 3.63) is 64.6 Å². The second-order valence-corrected chi connectivity index (χ2v) is 4.31. The van der Waals surface area contributed by atoms with Crippen LogP contribution in [0.4, 0.5) is 0 Å². The second-order valence-electron chi connectivity index (χ2n) is 4.31. The highest BCUT2D eigenvalue weighted by Crippen LogP contribution is 2.33. The molecule has 2 heterocycles. The van der Waals surface area contributed by atoms with Gasteiger partial charge in [0, 0.05) is 17.8 Å². The molecule has 4 heteroatoms. The molecule has 2 aromatic rings. The highest BCUT2D eigenvalue weighted by Gasteiger charge is 2.30. The van der Waals surface area contributed by atoms with Gasteiger partial charge in [-0.25, -0.2) is 0 Å². The van der Waals surface area contributed by atoms with E-state index >= 15 is 0 Å². The van der Waals surface area contributed by atoms with E-state index in [0.717, 1.165) is 11.3 Å². The average molecular weight is 243 g/mol.